The number of para-hydroxylation sites is 1. The number of hydrogen-bond donors (Lipinski definition) is 3. The zero-order valence-corrected chi connectivity index (χ0v) is 11.9. The molecular weight excluding hydrogens is 266 g/mol. The van der Waals surface area contributed by atoms with Gasteiger partial charge in [0.05, 0.1) is 5.56 Å². The average Bonchev–Trinajstić information content (AvgIpc) is 2.49. The van der Waals surface area contributed by atoms with Crippen molar-refractivity contribution >= 4 is 23.2 Å². The third-order valence-electron chi connectivity index (χ3n) is 3.18. The number of aryl methyl sites for hydroxylation is 1. The fourth-order valence-electron chi connectivity index (χ4n) is 1.94. The molecule has 0 saturated carbocycles. The number of benzene rings is 2. The number of anilines is 2. The van der Waals surface area contributed by atoms with E-state index in [9.17, 15) is 9.59 Å². The molecule has 5 heteroatoms. The Bertz CT molecular complexity index is 696. The van der Waals surface area contributed by atoms with E-state index in [-0.39, 0.29) is 11.8 Å². The van der Waals surface area contributed by atoms with Gasteiger partial charge in [-0.2, -0.15) is 0 Å². The first-order valence-electron chi connectivity index (χ1n) is 6.51. The molecule has 5 nitrogen and oxygen atoms in total. The Labute approximate surface area is 123 Å². The molecule has 2 rings (SSSR count). The fourth-order valence-corrected chi connectivity index (χ4v) is 1.94. The average molecular weight is 283 g/mol. The van der Waals surface area contributed by atoms with Gasteiger partial charge in [0.1, 0.15) is 0 Å². The van der Waals surface area contributed by atoms with Gasteiger partial charge >= 0.3 is 0 Å². The van der Waals surface area contributed by atoms with Crippen LogP contribution in [0, 0.1) is 6.92 Å². The van der Waals surface area contributed by atoms with Crippen molar-refractivity contribution in [2.75, 3.05) is 18.1 Å². The van der Waals surface area contributed by atoms with Crippen LogP contribution in [0.1, 0.15) is 26.3 Å². The molecule has 2 amide bonds. The summed E-state index contributed by atoms with van der Waals surface area (Å²) in [7, 11) is 1.56. The second-order valence-corrected chi connectivity index (χ2v) is 4.65. The second kappa shape index (κ2) is 6.09. The summed E-state index contributed by atoms with van der Waals surface area (Å²) >= 11 is 0. The molecule has 0 atom stereocenters. The Balaban J connectivity index is 2.29. The number of hydrogen-bond acceptors (Lipinski definition) is 3. The number of nitrogens with one attached hydrogen (secondary N) is 2. The first kappa shape index (κ1) is 14.6. The fraction of sp³-hybridized carbons (Fsp3) is 0.125. The van der Waals surface area contributed by atoms with Crippen LogP contribution < -0.4 is 16.4 Å². The van der Waals surface area contributed by atoms with Crippen molar-refractivity contribution in [2.24, 2.45) is 0 Å². The molecule has 4 N–H and O–H groups in total. The molecule has 0 spiro atoms. The summed E-state index contributed by atoms with van der Waals surface area (Å²) in [6.45, 7) is 1.86. The third kappa shape index (κ3) is 3.20. The Hall–Kier alpha value is -2.82. The third-order valence-corrected chi connectivity index (χ3v) is 3.18. The summed E-state index contributed by atoms with van der Waals surface area (Å²) in [6.07, 6.45) is 0. The predicted molar refractivity (Wildman–Crippen MR) is 83.4 cm³/mol. The lowest BCUT2D eigenvalue weighted by molar-refractivity contribution is 0.0961. The number of amides is 2. The van der Waals surface area contributed by atoms with E-state index in [4.69, 9.17) is 5.73 Å². The molecule has 0 unspecified atom stereocenters. The van der Waals surface area contributed by atoms with Crippen molar-refractivity contribution in [2.45, 2.75) is 6.92 Å². The summed E-state index contributed by atoms with van der Waals surface area (Å²) < 4.78 is 0. The number of carbonyl (C=O) groups is 2. The van der Waals surface area contributed by atoms with Gasteiger partial charge < -0.3 is 16.4 Å². The van der Waals surface area contributed by atoms with E-state index >= 15 is 0 Å². The van der Waals surface area contributed by atoms with Crippen molar-refractivity contribution in [1.29, 1.82) is 0 Å². The van der Waals surface area contributed by atoms with Gasteiger partial charge in [-0.1, -0.05) is 18.2 Å². The molecule has 0 bridgehead atoms. The number of nitrogens with two attached hydrogens (primary N) is 1. The van der Waals surface area contributed by atoms with E-state index in [1.165, 1.54) is 0 Å². The zero-order chi connectivity index (χ0) is 15.4. The second-order valence-electron chi connectivity index (χ2n) is 4.65. The number of rotatable bonds is 3. The van der Waals surface area contributed by atoms with E-state index in [0.29, 0.717) is 22.5 Å². The maximum Gasteiger partial charge on any atom is 0.257 e. The monoisotopic (exact) mass is 283 g/mol. The lowest BCUT2D eigenvalue weighted by Gasteiger charge is -2.11. The van der Waals surface area contributed by atoms with Crippen LogP contribution in [0.15, 0.2) is 42.5 Å². The molecule has 0 radical (unpaired) electrons. The van der Waals surface area contributed by atoms with Crippen molar-refractivity contribution in [3.63, 3.8) is 0 Å². The van der Waals surface area contributed by atoms with Crippen LogP contribution in [0.4, 0.5) is 11.4 Å². The van der Waals surface area contributed by atoms with Gasteiger partial charge in [-0.05, 0) is 36.8 Å². The normalized spacial score (nSPS) is 10.0. The quantitative estimate of drug-likeness (QED) is 0.755. The minimum Gasteiger partial charge on any atom is -0.398 e. The highest BCUT2D eigenvalue weighted by Gasteiger charge is 2.12. The van der Waals surface area contributed by atoms with Gasteiger partial charge in [-0.25, -0.2) is 0 Å². The highest BCUT2D eigenvalue weighted by atomic mass is 16.2. The van der Waals surface area contributed by atoms with E-state index in [2.05, 4.69) is 10.6 Å². The molecule has 21 heavy (non-hydrogen) atoms. The zero-order valence-electron chi connectivity index (χ0n) is 11.9. The molecule has 0 aliphatic heterocycles. The Morgan fingerprint density at radius 1 is 1.05 bits per heavy atom. The van der Waals surface area contributed by atoms with Crippen LogP contribution in [-0.2, 0) is 0 Å². The standard InChI is InChI=1S/C16H17N3O2/c1-10-7-8-11(15(20)18-2)9-14(10)19-16(21)12-5-3-4-6-13(12)17/h3-9H,17H2,1-2H3,(H,18,20)(H,19,21). The van der Waals surface area contributed by atoms with Gasteiger partial charge in [0.25, 0.3) is 11.8 Å². The highest BCUT2D eigenvalue weighted by molar-refractivity contribution is 6.08. The van der Waals surface area contributed by atoms with E-state index in [0.717, 1.165) is 5.56 Å². The smallest absolute Gasteiger partial charge is 0.257 e. The molecule has 0 aliphatic carbocycles. The predicted octanol–water partition coefficient (Wildman–Crippen LogP) is 2.19. The van der Waals surface area contributed by atoms with Gasteiger partial charge in [0.15, 0.2) is 0 Å². The molecule has 0 fully saturated rings. The minimum absolute atomic E-state index is 0.204. The maximum absolute atomic E-state index is 12.2. The van der Waals surface area contributed by atoms with Crippen LogP contribution >= 0.6 is 0 Å². The summed E-state index contributed by atoms with van der Waals surface area (Å²) in [5, 5.41) is 5.34. The highest BCUT2D eigenvalue weighted by Crippen LogP contribution is 2.19. The maximum atomic E-state index is 12.2. The van der Waals surface area contributed by atoms with E-state index < -0.39 is 0 Å². The first-order valence-corrected chi connectivity index (χ1v) is 6.51. The summed E-state index contributed by atoms with van der Waals surface area (Å²) in [6, 6.07) is 12.0. The lowest BCUT2D eigenvalue weighted by Crippen LogP contribution is -2.19. The van der Waals surface area contributed by atoms with Crippen molar-refractivity contribution < 1.29 is 9.59 Å². The van der Waals surface area contributed by atoms with Crippen LogP contribution in [0.2, 0.25) is 0 Å². The van der Waals surface area contributed by atoms with Crippen molar-refractivity contribution in [3.05, 3.63) is 59.2 Å². The molecular formula is C16H17N3O2. The van der Waals surface area contributed by atoms with Crippen LogP contribution in [-0.4, -0.2) is 18.9 Å². The molecule has 0 aliphatic rings. The summed E-state index contributed by atoms with van der Waals surface area (Å²) in [4.78, 5) is 23.9. The Kier molecular flexibility index (Phi) is 4.23. The van der Waals surface area contributed by atoms with E-state index in [1.54, 1.807) is 49.5 Å². The Morgan fingerprint density at radius 3 is 2.43 bits per heavy atom. The van der Waals surface area contributed by atoms with Gasteiger partial charge in [0, 0.05) is 24.0 Å². The number of nitrogen functional groups attached to an aromatic ring is 1. The van der Waals surface area contributed by atoms with Gasteiger partial charge in [-0.15, -0.1) is 0 Å². The van der Waals surface area contributed by atoms with Gasteiger partial charge in [-0.3, -0.25) is 9.59 Å². The molecule has 2 aromatic rings. The molecule has 0 heterocycles. The summed E-state index contributed by atoms with van der Waals surface area (Å²) in [5.74, 6) is -0.505. The van der Waals surface area contributed by atoms with Crippen molar-refractivity contribution in [3.8, 4) is 0 Å². The Morgan fingerprint density at radius 2 is 1.76 bits per heavy atom. The first-order chi connectivity index (χ1) is 10.0. The van der Waals surface area contributed by atoms with Crippen molar-refractivity contribution in [1.82, 2.24) is 5.32 Å². The van der Waals surface area contributed by atoms with Gasteiger partial charge in [0.2, 0.25) is 0 Å². The lowest BCUT2D eigenvalue weighted by atomic mass is 10.1. The molecule has 2 aromatic carbocycles. The van der Waals surface area contributed by atoms with Crippen LogP contribution in [0.25, 0.3) is 0 Å². The largest absolute Gasteiger partial charge is 0.398 e. The molecule has 0 saturated heterocycles. The molecule has 0 aromatic heterocycles. The van der Waals surface area contributed by atoms with E-state index in [1.807, 2.05) is 6.92 Å². The van der Waals surface area contributed by atoms with Crippen LogP contribution in [0.3, 0.4) is 0 Å². The van der Waals surface area contributed by atoms with Crippen LogP contribution in [0.5, 0.6) is 0 Å². The minimum atomic E-state index is -0.301. The summed E-state index contributed by atoms with van der Waals surface area (Å²) in [5.41, 5.74) is 8.54. The molecule has 108 valence electrons. The number of carbonyl (C=O) groups excluding carboxylic acids is 2. The SMILES string of the molecule is CNC(=O)c1ccc(C)c(NC(=O)c2ccccc2N)c1. The topological polar surface area (TPSA) is 84.2 Å².